The largest absolute Gasteiger partial charge is 0.508 e. The number of carbonyl (C=O) groups excluding carboxylic acids is 2. The normalized spacial score (nSPS) is 13.9. The van der Waals surface area contributed by atoms with Crippen LogP contribution in [0.2, 0.25) is 0 Å². The molecule has 0 bridgehead atoms. The first-order valence-electron chi connectivity index (χ1n) is 9.31. The highest BCUT2D eigenvalue weighted by Gasteiger charge is 2.24. The fourth-order valence-corrected chi connectivity index (χ4v) is 3.10. The van der Waals surface area contributed by atoms with Crippen molar-refractivity contribution in [1.82, 2.24) is 15.1 Å². The fraction of sp³-hybridized carbons (Fsp3) is 0.333. The molecule has 0 unspecified atom stereocenters. The molecule has 1 fully saturated rings. The number of hydrogen-bond donors (Lipinski definition) is 2. The number of piperazine rings is 1. The summed E-state index contributed by atoms with van der Waals surface area (Å²) in [6.07, 6.45) is 0. The van der Waals surface area contributed by atoms with Crippen molar-refractivity contribution in [2.24, 2.45) is 0 Å². The molecule has 0 radical (unpaired) electrons. The van der Waals surface area contributed by atoms with Crippen molar-refractivity contribution in [3.8, 4) is 5.75 Å². The van der Waals surface area contributed by atoms with Gasteiger partial charge >= 0.3 is 6.03 Å². The number of aromatic hydroxyl groups is 1. The molecule has 0 aliphatic carbocycles. The van der Waals surface area contributed by atoms with Crippen molar-refractivity contribution < 1.29 is 14.7 Å². The van der Waals surface area contributed by atoms with Gasteiger partial charge in [0.1, 0.15) is 5.75 Å². The maximum absolute atomic E-state index is 12.5. The zero-order valence-corrected chi connectivity index (χ0v) is 16.3. The van der Waals surface area contributed by atoms with Crippen LogP contribution in [0.4, 0.5) is 10.5 Å². The summed E-state index contributed by atoms with van der Waals surface area (Å²) in [5.41, 5.74) is 2.70. The molecule has 0 spiro atoms. The minimum absolute atomic E-state index is 0.0824. The molecule has 1 saturated heterocycles. The van der Waals surface area contributed by atoms with E-state index in [9.17, 15) is 14.7 Å². The van der Waals surface area contributed by atoms with Crippen LogP contribution in [0.3, 0.4) is 0 Å². The van der Waals surface area contributed by atoms with E-state index in [1.807, 2.05) is 43.3 Å². The van der Waals surface area contributed by atoms with Crippen LogP contribution in [0.5, 0.6) is 5.75 Å². The molecule has 0 aromatic heterocycles. The quantitative estimate of drug-likeness (QED) is 0.849. The summed E-state index contributed by atoms with van der Waals surface area (Å²) in [6, 6.07) is 14.2. The lowest BCUT2D eigenvalue weighted by Gasteiger charge is -2.34. The van der Waals surface area contributed by atoms with Crippen molar-refractivity contribution in [3.05, 3.63) is 59.7 Å². The standard InChI is InChI=1S/C21H26N4O3/c1-23(2)18-7-3-16(4-8-18)15-22-21(28)25-13-11-24(12-14-25)20(27)17-5-9-19(26)10-6-17/h3-10,26H,11-15H2,1-2H3,(H,22,28). The predicted molar refractivity (Wildman–Crippen MR) is 109 cm³/mol. The number of urea groups is 1. The number of amides is 3. The van der Waals surface area contributed by atoms with Gasteiger partial charge in [0.25, 0.3) is 5.91 Å². The summed E-state index contributed by atoms with van der Waals surface area (Å²) in [7, 11) is 3.98. The molecule has 2 aromatic carbocycles. The lowest BCUT2D eigenvalue weighted by atomic mass is 10.1. The van der Waals surface area contributed by atoms with Gasteiger partial charge in [0, 0.05) is 58.1 Å². The monoisotopic (exact) mass is 382 g/mol. The third-order valence-electron chi connectivity index (χ3n) is 4.86. The van der Waals surface area contributed by atoms with E-state index in [-0.39, 0.29) is 17.7 Å². The highest BCUT2D eigenvalue weighted by Crippen LogP contribution is 2.14. The molecule has 2 aromatic rings. The lowest BCUT2D eigenvalue weighted by Crippen LogP contribution is -2.53. The van der Waals surface area contributed by atoms with Crippen LogP contribution in [-0.2, 0) is 6.54 Å². The van der Waals surface area contributed by atoms with Crippen molar-refractivity contribution in [2.45, 2.75) is 6.54 Å². The Balaban J connectivity index is 1.47. The number of nitrogens with zero attached hydrogens (tertiary/aromatic N) is 3. The highest BCUT2D eigenvalue weighted by atomic mass is 16.3. The predicted octanol–water partition coefficient (Wildman–Crippen LogP) is 2.13. The summed E-state index contributed by atoms with van der Waals surface area (Å²) in [5.74, 6) is 0.0513. The number of rotatable bonds is 4. The van der Waals surface area contributed by atoms with Crippen LogP contribution in [0, 0.1) is 0 Å². The van der Waals surface area contributed by atoms with Gasteiger partial charge in [0.2, 0.25) is 0 Å². The molecule has 0 atom stereocenters. The SMILES string of the molecule is CN(C)c1ccc(CNC(=O)N2CCN(C(=O)c3ccc(O)cc3)CC2)cc1. The Hall–Kier alpha value is -3.22. The van der Waals surface area contributed by atoms with Gasteiger partial charge in [-0.25, -0.2) is 4.79 Å². The van der Waals surface area contributed by atoms with Gasteiger partial charge in [-0.05, 0) is 42.0 Å². The second-order valence-electron chi connectivity index (χ2n) is 7.05. The molecular weight excluding hydrogens is 356 g/mol. The van der Waals surface area contributed by atoms with Gasteiger partial charge in [-0.3, -0.25) is 4.79 Å². The van der Waals surface area contributed by atoms with Crippen molar-refractivity contribution in [1.29, 1.82) is 0 Å². The zero-order chi connectivity index (χ0) is 20.1. The molecule has 2 N–H and O–H groups in total. The van der Waals surface area contributed by atoms with Crippen molar-refractivity contribution in [2.75, 3.05) is 45.2 Å². The molecule has 148 valence electrons. The van der Waals surface area contributed by atoms with Crippen LogP contribution in [0.25, 0.3) is 0 Å². The third-order valence-corrected chi connectivity index (χ3v) is 4.86. The van der Waals surface area contributed by atoms with E-state index in [1.165, 1.54) is 12.1 Å². The van der Waals surface area contributed by atoms with Crippen LogP contribution >= 0.6 is 0 Å². The minimum atomic E-state index is -0.117. The van der Waals surface area contributed by atoms with E-state index >= 15 is 0 Å². The van der Waals surface area contributed by atoms with Crippen LogP contribution in [0.1, 0.15) is 15.9 Å². The van der Waals surface area contributed by atoms with E-state index in [0.717, 1.165) is 11.3 Å². The lowest BCUT2D eigenvalue weighted by molar-refractivity contribution is 0.0665. The maximum Gasteiger partial charge on any atom is 0.317 e. The molecule has 7 nitrogen and oxygen atoms in total. The average Bonchev–Trinajstić information content (AvgIpc) is 2.72. The van der Waals surface area contributed by atoms with Crippen molar-refractivity contribution >= 4 is 17.6 Å². The van der Waals surface area contributed by atoms with Crippen molar-refractivity contribution in [3.63, 3.8) is 0 Å². The van der Waals surface area contributed by atoms with Gasteiger partial charge in [0.05, 0.1) is 0 Å². The number of anilines is 1. The van der Waals surface area contributed by atoms with Gasteiger partial charge < -0.3 is 25.1 Å². The smallest absolute Gasteiger partial charge is 0.317 e. The van der Waals surface area contributed by atoms with Crippen LogP contribution in [-0.4, -0.2) is 67.1 Å². The molecular formula is C21H26N4O3. The molecule has 1 heterocycles. The average molecular weight is 382 g/mol. The molecule has 7 heteroatoms. The Kier molecular flexibility index (Phi) is 6.03. The van der Waals surface area contributed by atoms with E-state index < -0.39 is 0 Å². The summed E-state index contributed by atoms with van der Waals surface area (Å²) in [5, 5.41) is 12.3. The van der Waals surface area contributed by atoms with Gasteiger partial charge in [-0.2, -0.15) is 0 Å². The summed E-state index contributed by atoms with van der Waals surface area (Å²) in [6.45, 7) is 2.44. The fourth-order valence-electron chi connectivity index (χ4n) is 3.10. The number of carbonyl (C=O) groups is 2. The molecule has 0 saturated carbocycles. The summed E-state index contributed by atoms with van der Waals surface area (Å²) >= 11 is 0. The third kappa shape index (κ3) is 4.73. The van der Waals surface area contributed by atoms with Gasteiger partial charge in [-0.15, -0.1) is 0 Å². The highest BCUT2D eigenvalue weighted by molar-refractivity contribution is 5.94. The number of phenols is 1. The maximum atomic E-state index is 12.5. The second-order valence-corrected chi connectivity index (χ2v) is 7.05. The first-order chi connectivity index (χ1) is 13.4. The van der Waals surface area contributed by atoms with E-state index in [2.05, 4.69) is 5.32 Å². The Bertz CT molecular complexity index is 811. The number of phenolic OH excluding ortho intramolecular Hbond substituents is 1. The zero-order valence-electron chi connectivity index (χ0n) is 16.3. The summed E-state index contributed by atoms with van der Waals surface area (Å²) < 4.78 is 0. The second kappa shape index (κ2) is 8.65. The Morgan fingerprint density at radius 3 is 2.07 bits per heavy atom. The van der Waals surface area contributed by atoms with E-state index in [0.29, 0.717) is 38.3 Å². The van der Waals surface area contributed by atoms with Gasteiger partial charge in [-0.1, -0.05) is 12.1 Å². The van der Waals surface area contributed by atoms with E-state index in [1.54, 1.807) is 21.9 Å². The van der Waals surface area contributed by atoms with Crippen LogP contribution < -0.4 is 10.2 Å². The number of hydrogen-bond acceptors (Lipinski definition) is 4. The first kappa shape index (κ1) is 19.5. The Morgan fingerprint density at radius 1 is 0.929 bits per heavy atom. The molecule has 28 heavy (non-hydrogen) atoms. The molecule has 1 aliphatic rings. The molecule has 1 aliphatic heterocycles. The Morgan fingerprint density at radius 2 is 1.50 bits per heavy atom. The number of nitrogens with one attached hydrogen (secondary N) is 1. The minimum Gasteiger partial charge on any atom is -0.508 e. The first-order valence-corrected chi connectivity index (χ1v) is 9.31. The number of benzene rings is 2. The summed E-state index contributed by atoms with van der Waals surface area (Å²) in [4.78, 5) is 30.4. The Labute approximate surface area is 165 Å². The van der Waals surface area contributed by atoms with Gasteiger partial charge in [0.15, 0.2) is 0 Å². The molecule has 3 amide bonds. The molecule has 3 rings (SSSR count). The van der Waals surface area contributed by atoms with Crippen LogP contribution in [0.15, 0.2) is 48.5 Å². The van der Waals surface area contributed by atoms with E-state index in [4.69, 9.17) is 0 Å². The topological polar surface area (TPSA) is 76.1 Å².